The SMILES string of the molecule is CCCCOP(=O)(CCC)CCCC. The molecule has 0 radical (unpaired) electrons. The molecule has 0 saturated heterocycles. The molecular formula is C11H25O2P. The van der Waals surface area contributed by atoms with Crippen molar-refractivity contribution in [1.29, 1.82) is 0 Å². The zero-order chi connectivity index (χ0) is 10.9. The first-order chi connectivity index (χ1) is 6.68. The Balaban J connectivity index is 3.89. The molecule has 0 saturated carbocycles. The maximum absolute atomic E-state index is 12.2. The van der Waals surface area contributed by atoms with Crippen molar-refractivity contribution >= 4 is 7.37 Å². The van der Waals surface area contributed by atoms with Crippen molar-refractivity contribution in [3.05, 3.63) is 0 Å². The summed E-state index contributed by atoms with van der Waals surface area (Å²) in [6.07, 6.45) is 6.78. The lowest BCUT2D eigenvalue weighted by Gasteiger charge is -2.17. The Hall–Kier alpha value is 0.190. The lowest BCUT2D eigenvalue weighted by Crippen LogP contribution is -2.01. The van der Waals surface area contributed by atoms with Crippen molar-refractivity contribution in [2.45, 2.75) is 52.9 Å². The van der Waals surface area contributed by atoms with E-state index in [4.69, 9.17) is 4.52 Å². The zero-order valence-corrected chi connectivity index (χ0v) is 10.8. The Morgan fingerprint density at radius 1 is 0.929 bits per heavy atom. The highest BCUT2D eigenvalue weighted by molar-refractivity contribution is 7.58. The van der Waals surface area contributed by atoms with Crippen molar-refractivity contribution in [3.8, 4) is 0 Å². The van der Waals surface area contributed by atoms with Gasteiger partial charge in [-0.25, -0.2) is 0 Å². The number of hydrogen-bond acceptors (Lipinski definition) is 2. The van der Waals surface area contributed by atoms with Gasteiger partial charge >= 0.3 is 0 Å². The summed E-state index contributed by atoms with van der Waals surface area (Å²) in [5.74, 6) is 0. The van der Waals surface area contributed by atoms with Crippen molar-refractivity contribution in [2.24, 2.45) is 0 Å². The van der Waals surface area contributed by atoms with E-state index in [1.54, 1.807) is 0 Å². The van der Waals surface area contributed by atoms with Gasteiger partial charge in [-0.2, -0.15) is 0 Å². The van der Waals surface area contributed by atoms with Gasteiger partial charge < -0.3 is 4.52 Å². The summed E-state index contributed by atoms with van der Waals surface area (Å²) in [6.45, 7) is 7.00. The van der Waals surface area contributed by atoms with Gasteiger partial charge in [0.15, 0.2) is 0 Å². The van der Waals surface area contributed by atoms with E-state index in [1.807, 2.05) is 0 Å². The standard InChI is InChI=1S/C11H25O2P/c1-4-7-9-13-14(12,10-6-3)11-8-5-2/h4-11H2,1-3H3. The van der Waals surface area contributed by atoms with Gasteiger partial charge in [0.25, 0.3) is 0 Å². The van der Waals surface area contributed by atoms with Crippen molar-refractivity contribution in [2.75, 3.05) is 18.9 Å². The molecule has 0 aliphatic rings. The van der Waals surface area contributed by atoms with Gasteiger partial charge in [0.2, 0.25) is 7.37 Å². The summed E-state index contributed by atoms with van der Waals surface area (Å²) >= 11 is 0. The maximum atomic E-state index is 12.2. The quantitative estimate of drug-likeness (QED) is 0.428. The van der Waals surface area contributed by atoms with Crippen LogP contribution in [0.15, 0.2) is 0 Å². The summed E-state index contributed by atoms with van der Waals surface area (Å²) in [4.78, 5) is 0. The van der Waals surface area contributed by atoms with E-state index in [9.17, 15) is 4.57 Å². The lowest BCUT2D eigenvalue weighted by atomic mass is 10.4. The minimum atomic E-state index is -2.27. The molecule has 14 heavy (non-hydrogen) atoms. The number of rotatable bonds is 9. The molecule has 0 amide bonds. The molecule has 0 spiro atoms. The minimum absolute atomic E-state index is 0.678. The van der Waals surface area contributed by atoms with Gasteiger partial charge in [-0.3, -0.25) is 4.57 Å². The fourth-order valence-corrected chi connectivity index (χ4v) is 3.78. The Morgan fingerprint density at radius 2 is 1.57 bits per heavy atom. The Kier molecular flexibility index (Phi) is 8.61. The highest BCUT2D eigenvalue weighted by Gasteiger charge is 2.20. The Morgan fingerprint density at radius 3 is 2.07 bits per heavy atom. The third-order valence-corrected chi connectivity index (χ3v) is 5.02. The molecule has 0 aromatic rings. The number of unbranched alkanes of at least 4 members (excludes halogenated alkanes) is 2. The topological polar surface area (TPSA) is 26.3 Å². The van der Waals surface area contributed by atoms with Crippen LogP contribution < -0.4 is 0 Å². The van der Waals surface area contributed by atoms with Crippen LogP contribution in [-0.2, 0) is 9.09 Å². The van der Waals surface area contributed by atoms with Crippen LogP contribution in [0.4, 0.5) is 0 Å². The molecule has 2 nitrogen and oxygen atoms in total. The first-order valence-corrected chi connectivity index (χ1v) is 7.90. The maximum Gasteiger partial charge on any atom is 0.203 e. The van der Waals surface area contributed by atoms with Crippen molar-refractivity contribution in [1.82, 2.24) is 0 Å². The molecule has 0 aliphatic heterocycles. The fraction of sp³-hybridized carbons (Fsp3) is 1.00. The molecule has 0 bridgehead atoms. The first kappa shape index (κ1) is 14.2. The summed E-state index contributed by atoms with van der Waals surface area (Å²) in [5.41, 5.74) is 0. The van der Waals surface area contributed by atoms with E-state index < -0.39 is 7.37 Å². The Bertz CT molecular complexity index is 169. The summed E-state index contributed by atoms with van der Waals surface area (Å²) < 4.78 is 17.8. The molecule has 0 aromatic carbocycles. The van der Waals surface area contributed by atoms with Gasteiger partial charge in [0.1, 0.15) is 0 Å². The van der Waals surface area contributed by atoms with Gasteiger partial charge in [-0.1, -0.05) is 33.6 Å². The summed E-state index contributed by atoms with van der Waals surface area (Å²) in [6, 6.07) is 0. The molecule has 0 fully saturated rings. The molecule has 86 valence electrons. The molecule has 0 heterocycles. The molecular weight excluding hydrogens is 195 g/mol. The number of hydrogen-bond donors (Lipinski definition) is 0. The molecule has 1 unspecified atom stereocenters. The molecule has 0 aromatic heterocycles. The second-order valence-corrected chi connectivity index (χ2v) is 6.58. The largest absolute Gasteiger partial charge is 0.328 e. The van der Waals surface area contributed by atoms with Gasteiger partial charge in [0.05, 0.1) is 6.61 Å². The van der Waals surface area contributed by atoms with Crippen molar-refractivity contribution in [3.63, 3.8) is 0 Å². The molecule has 3 heteroatoms. The molecule has 0 rings (SSSR count). The summed E-state index contributed by atoms with van der Waals surface area (Å²) in [7, 11) is -2.27. The van der Waals surface area contributed by atoms with Crippen LogP contribution in [0, 0.1) is 0 Å². The van der Waals surface area contributed by atoms with E-state index in [-0.39, 0.29) is 0 Å². The zero-order valence-electron chi connectivity index (χ0n) is 9.92. The smallest absolute Gasteiger partial charge is 0.203 e. The minimum Gasteiger partial charge on any atom is -0.328 e. The fourth-order valence-electron chi connectivity index (χ4n) is 1.36. The van der Waals surface area contributed by atoms with Gasteiger partial charge in [0, 0.05) is 12.3 Å². The lowest BCUT2D eigenvalue weighted by molar-refractivity contribution is 0.305. The molecule has 0 aliphatic carbocycles. The van der Waals surface area contributed by atoms with E-state index in [0.29, 0.717) is 6.61 Å². The van der Waals surface area contributed by atoms with Crippen LogP contribution in [0.25, 0.3) is 0 Å². The summed E-state index contributed by atoms with van der Waals surface area (Å²) in [5, 5.41) is 0. The van der Waals surface area contributed by atoms with Crippen LogP contribution in [0.5, 0.6) is 0 Å². The van der Waals surface area contributed by atoms with Crippen LogP contribution in [-0.4, -0.2) is 18.9 Å². The predicted molar refractivity (Wildman–Crippen MR) is 63.4 cm³/mol. The first-order valence-electron chi connectivity index (χ1n) is 5.91. The van der Waals surface area contributed by atoms with E-state index in [0.717, 1.165) is 44.4 Å². The van der Waals surface area contributed by atoms with Crippen molar-refractivity contribution < 1.29 is 9.09 Å². The monoisotopic (exact) mass is 220 g/mol. The molecule has 0 N–H and O–H groups in total. The third-order valence-electron chi connectivity index (χ3n) is 2.24. The van der Waals surface area contributed by atoms with E-state index >= 15 is 0 Å². The van der Waals surface area contributed by atoms with E-state index in [2.05, 4.69) is 20.8 Å². The van der Waals surface area contributed by atoms with Crippen LogP contribution in [0.2, 0.25) is 0 Å². The van der Waals surface area contributed by atoms with E-state index in [1.165, 1.54) is 0 Å². The van der Waals surface area contributed by atoms with Gasteiger partial charge in [-0.15, -0.1) is 0 Å². The predicted octanol–water partition coefficient (Wildman–Crippen LogP) is 4.29. The second-order valence-electron chi connectivity index (χ2n) is 3.80. The van der Waals surface area contributed by atoms with Crippen LogP contribution in [0.3, 0.4) is 0 Å². The third kappa shape index (κ3) is 6.62. The average molecular weight is 220 g/mol. The van der Waals surface area contributed by atoms with Crippen LogP contribution in [0.1, 0.15) is 52.9 Å². The molecule has 1 atom stereocenters. The second kappa shape index (κ2) is 8.49. The van der Waals surface area contributed by atoms with Crippen LogP contribution >= 0.6 is 7.37 Å². The highest BCUT2D eigenvalue weighted by Crippen LogP contribution is 2.48. The average Bonchev–Trinajstić information content (AvgIpc) is 2.16. The normalized spacial score (nSPS) is 15.4. The Labute approximate surface area is 88.9 Å². The van der Waals surface area contributed by atoms with Gasteiger partial charge in [-0.05, 0) is 19.3 Å². The highest BCUT2D eigenvalue weighted by atomic mass is 31.2.